The molecule has 2 aromatic carbocycles. The minimum absolute atomic E-state index is 0.115. The summed E-state index contributed by atoms with van der Waals surface area (Å²) < 4.78 is 5.82. The standard InChI is InChI=1S/C25H34N2O3/c1-7-21(24(29)26-25(4,5)6)27(16-20-11-9-8-10-12-20)23(28)17-30-22-14-13-18(2)15-19(22)3/h8-15,21H,7,16-17H2,1-6H3,(H,26,29). The van der Waals surface area contributed by atoms with Crippen molar-refractivity contribution in [3.8, 4) is 5.75 Å². The number of hydrogen-bond acceptors (Lipinski definition) is 3. The molecule has 0 radical (unpaired) electrons. The molecule has 0 aliphatic carbocycles. The minimum atomic E-state index is -0.570. The molecular formula is C25H34N2O3. The van der Waals surface area contributed by atoms with E-state index in [1.165, 1.54) is 0 Å². The van der Waals surface area contributed by atoms with Crippen molar-refractivity contribution in [1.29, 1.82) is 0 Å². The Bertz CT molecular complexity index is 856. The zero-order valence-electron chi connectivity index (χ0n) is 19.0. The van der Waals surface area contributed by atoms with Gasteiger partial charge in [0.15, 0.2) is 6.61 Å². The average molecular weight is 411 g/mol. The first kappa shape index (κ1) is 23.5. The SMILES string of the molecule is CCC(C(=O)NC(C)(C)C)N(Cc1ccccc1)C(=O)COc1ccc(C)cc1C. The topological polar surface area (TPSA) is 58.6 Å². The maximum absolute atomic E-state index is 13.2. The van der Waals surface area contributed by atoms with Gasteiger partial charge in [0.2, 0.25) is 5.91 Å². The molecule has 162 valence electrons. The predicted molar refractivity (Wildman–Crippen MR) is 120 cm³/mol. The lowest BCUT2D eigenvalue weighted by molar-refractivity contribution is -0.143. The van der Waals surface area contributed by atoms with Crippen LogP contribution in [0.15, 0.2) is 48.5 Å². The number of amides is 2. The first-order valence-corrected chi connectivity index (χ1v) is 10.5. The Hall–Kier alpha value is -2.82. The summed E-state index contributed by atoms with van der Waals surface area (Å²) in [5.41, 5.74) is 2.72. The van der Waals surface area contributed by atoms with Crippen LogP contribution in [0.25, 0.3) is 0 Å². The summed E-state index contributed by atoms with van der Waals surface area (Å²) in [6.45, 7) is 11.9. The summed E-state index contributed by atoms with van der Waals surface area (Å²) in [6, 6.07) is 15.0. The maximum Gasteiger partial charge on any atom is 0.261 e. The number of benzene rings is 2. The van der Waals surface area contributed by atoms with Gasteiger partial charge in [-0.3, -0.25) is 9.59 Å². The van der Waals surface area contributed by atoms with Crippen molar-refractivity contribution in [3.63, 3.8) is 0 Å². The molecular weight excluding hydrogens is 376 g/mol. The number of hydrogen-bond donors (Lipinski definition) is 1. The van der Waals surface area contributed by atoms with Crippen molar-refractivity contribution in [2.24, 2.45) is 0 Å². The third-order valence-corrected chi connectivity index (χ3v) is 4.76. The molecule has 2 rings (SSSR count). The van der Waals surface area contributed by atoms with Crippen molar-refractivity contribution in [2.75, 3.05) is 6.61 Å². The fraction of sp³-hybridized carbons (Fsp3) is 0.440. The number of rotatable bonds is 8. The van der Waals surface area contributed by atoms with Crippen LogP contribution in [0.2, 0.25) is 0 Å². The van der Waals surface area contributed by atoms with Gasteiger partial charge in [0, 0.05) is 12.1 Å². The van der Waals surface area contributed by atoms with Crippen molar-refractivity contribution < 1.29 is 14.3 Å². The second kappa shape index (κ2) is 10.3. The highest BCUT2D eigenvalue weighted by Crippen LogP contribution is 2.20. The highest BCUT2D eigenvalue weighted by molar-refractivity contribution is 5.88. The summed E-state index contributed by atoms with van der Waals surface area (Å²) >= 11 is 0. The highest BCUT2D eigenvalue weighted by Gasteiger charge is 2.30. The number of nitrogens with zero attached hydrogens (tertiary/aromatic N) is 1. The molecule has 0 aliphatic rings. The quantitative estimate of drug-likeness (QED) is 0.701. The summed E-state index contributed by atoms with van der Waals surface area (Å²) in [5, 5.41) is 3.01. The molecule has 0 spiro atoms. The van der Waals surface area contributed by atoms with Gasteiger partial charge in [0.05, 0.1) is 0 Å². The van der Waals surface area contributed by atoms with Crippen LogP contribution in [0.5, 0.6) is 5.75 Å². The first-order valence-electron chi connectivity index (χ1n) is 10.5. The molecule has 0 bridgehead atoms. The molecule has 5 heteroatoms. The highest BCUT2D eigenvalue weighted by atomic mass is 16.5. The zero-order valence-corrected chi connectivity index (χ0v) is 19.0. The Labute approximate surface area is 180 Å². The summed E-state index contributed by atoms with van der Waals surface area (Å²) in [5.74, 6) is 0.316. The molecule has 0 fully saturated rings. The van der Waals surface area contributed by atoms with E-state index in [4.69, 9.17) is 4.74 Å². The molecule has 1 N–H and O–H groups in total. The van der Waals surface area contributed by atoms with Crippen molar-refractivity contribution in [3.05, 3.63) is 65.2 Å². The predicted octanol–water partition coefficient (Wildman–Crippen LogP) is 4.40. The monoisotopic (exact) mass is 410 g/mol. The molecule has 0 saturated heterocycles. The minimum Gasteiger partial charge on any atom is -0.483 e. The van der Waals surface area contributed by atoms with Crippen LogP contribution in [-0.4, -0.2) is 34.9 Å². The van der Waals surface area contributed by atoms with Gasteiger partial charge in [-0.2, -0.15) is 0 Å². The van der Waals surface area contributed by atoms with Gasteiger partial charge < -0.3 is 15.0 Å². The lowest BCUT2D eigenvalue weighted by atomic mass is 10.1. The number of nitrogens with one attached hydrogen (secondary N) is 1. The lowest BCUT2D eigenvalue weighted by Crippen LogP contribution is -2.54. The Balaban J connectivity index is 2.22. The summed E-state index contributed by atoms with van der Waals surface area (Å²) in [4.78, 5) is 27.8. The summed E-state index contributed by atoms with van der Waals surface area (Å²) in [7, 11) is 0. The van der Waals surface area contributed by atoms with Gasteiger partial charge >= 0.3 is 0 Å². The zero-order chi connectivity index (χ0) is 22.3. The van der Waals surface area contributed by atoms with Gasteiger partial charge in [0.1, 0.15) is 11.8 Å². The second-order valence-corrected chi connectivity index (χ2v) is 8.73. The fourth-order valence-corrected chi connectivity index (χ4v) is 3.34. The summed E-state index contributed by atoms with van der Waals surface area (Å²) in [6.07, 6.45) is 0.518. The van der Waals surface area contributed by atoms with E-state index in [1.54, 1.807) is 4.90 Å². The Morgan fingerprint density at radius 2 is 1.73 bits per heavy atom. The number of carbonyl (C=O) groups excluding carboxylic acids is 2. The molecule has 0 aliphatic heterocycles. The van der Waals surface area contributed by atoms with Crippen LogP contribution < -0.4 is 10.1 Å². The van der Waals surface area contributed by atoms with Crippen LogP contribution in [0.4, 0.5) is 0 Å². The molecule has 0 saturated carbocycles. The van der Waals surface area contributed by atoms with E-state index in [-0.39, 0.29) is 24.0 Å². The molecule has 1 unspecified atom stereocenters. The lowest BCUT2D eigenvalue weighted by Gasteiger charge is -2.33. The van der Waals surface area contributed by atoms with Crippen molar-refractivity contribution >= 4 is 11.8 Å². The van der Waals surface area contributed by atoms with E-state index < -0.39 is 6.04 Å². The van der Waals surface area contributed by atoms with Crippen LogP contribution in [0.3, 0.4) is 0 Å². The Kier molecular flexibility index (Phi) is 8.04. The van der Waals surface area contributed by atoms with E-state index in [2.05, 4.69) is 5.32 Å². The number of aryl methyl sites for hydroxylation is 2. The molecule has 2 amide bonds. The molecule has 30 heavy (non-hydrogen) atoms. The third kappa shape index (κ3) is 6.90. The van der Waals surface area contributed by atoms with E-state index in [0.717, 1.165) is 16.7 Å². The average Bonchev–Trinajstić information content (AvgIpc) is 2.66. The molecule has 0 heterocycles. The number of ether oxygens (including phenoxy) is 1. The smallest absolute Gasteiger partial charge is 0.261 e. The van der Waals surface area contributed by atoms with E-state index >= 15 is 0 Å². The van der Waals surface area contributed by atoms with Crippen molar-refractivity contribution in [2.45, 2.75) is 66.1 Å². The normalized spacial score (nSPS) is 12.2. The third-order valence-electron chi connectivity index (χ3n) is 4.76. The van der Waals surface area contributed by atoms with Crippen LogP contribution >= 0.6 is 0 Å². The van der Waals surface area contributed by atoms with Gasteiger partial charge in [-0.15, -0.1) is 0 Å². The van der Waals surface area contributed by atoms with Gasteiger partial charge in [-0.05, 0) is 58.2 Å². The van der Waals surface area contributed by atoms with Crippen LogP contribution in [0, 0.1) is 13.8 Å². The van der Waals surface area contributed by atoms with Gasteiger partial charge in [-0.25, -0.2) is 0 Å². The van der Waals surface area contributed by atoms with Crippen molar-refractivity contribution in [1.82, 2.24) is 10.2 Å². The second-order valence-electron chi connectivity index (χ2n) is 8.73. The van der Waals surface area contributed by atoms with Crippen LogP contribution in [0.1, 0.15) is 50.8 Å². The number of carbonyl (C=O) groups is 2. The Morgan fingerprint density at radius 1 is 1.07 bits per heavy atom. The van der Waals surface area contributed by atoms with E-state index in [9.17, 15) is 9.59 Å². The van der Waals surface area contributed by atoms with Gasteiger partial charge in [-0.1, -0.05) is 55.0 Å². The molecule has 0 aromatic heterocycles. The first-order chi connectivity index (χ1) is 14.1. The van der Waals surface area contributed by atoms with Crippen LogP contribution in [-0.2, 0) is 16.1 Å². The molecule has 2 aromatic rings. The Morgan fingerprint density at radius 3 is 2.30 bits per heavy atom. The molecule has 5 nitrogen and oxygen atoms in total. The van der Waals surface area contributed by atoms with Gasteiger partial charge in [0.25, 0.3) is 5.91 Å². The van der Waals surface area contributed by atoms with E-state index in [0.29, 0.717) is 18.7 Å². The maximum atomic E-state index is 13.2. The fourth-order valence-electron chi connectivity index (χ4n) is 3.34. The van der Waals surface area contributed by atoms with E-state index in [1.807, 2.05) is 90.1 Å². The molecule has 1 atom stereocenters. The largest absolute Gasteiger partial charge is 0.483 e.